The third-order valence-corrected chi connectivity index (χ3v) is 5.58. The van der Waals surface area contributed by atoms with Gasteiger partial charge in [-0.3, -0.25) is 4.79 Å². The lowest BCUT2D eigenvalue weighted by molar-refractivity contribution is -0.117. The maximum Gasteiger partial charge on any atom is 0.242 e. The first kappa shape index (κ1) is 17.0. The Morgan fingerprint density at radius 1 is 1.12 bits per heavy atom. The lowest BCUT2D eigenvalue weighted by Gasteiger charge is -2.17. The topological polar surface area (TPSA) is 66.5 Å². The van der Waals surface area contributed by atoms with Crippen molar-refractivity contribution in [2.75, 3.05) is 18.0 Å². The molecule has 0 aliphatic carbocycles. The van der Waals surface area contributed by atoms with Gasteiger partial charge in [0.1, 0.15) is 0 Å². The SMILES string of the molecule is O=C(CNS(=O)(=O)Cc1ccccc1Cl)N1CCc2ccccc21. The van der Waals surface area contributed by atoms with Gasteiger partial charge in [-0.05, 0) is 29.7 Å². The fourth-order valence-electron chi connectivity index (χ4n) is 2.74. The van der Waals surface area contributed by atoms with E-state index in [4.69, 9.17) is 11.6 Å². The van der Waals surface area contributed by atoms with Crippen molar-refractivity contribution in [3.8, 4) is 0 Å². The van der Waals surface area contributed by atoms with E-state index in [1.807, 2.05) is 24.3 Å². The maximum absolute atomic E-state index is 12.3. The molecule has 0 atom stereocenters. The number of carbonyl (C=O) groups excluding carboxylic acids is 1. The number of nitrogens with one attached hydrogen (secondary N) is 1. The van der Waals surface area contributed by atoms with Crippen LogP contribution in [0.1, 0.15) is 11.1 Å². The van der Waals surface area contributed by atoms with Crippen LogP contribution in [0.2, 0.25) is 5.02 Å². The lowest BCUT2D eigenvalue weighted by Crippen LogP contribution is -2.39. The number of rotatable bonds is 5. The highest BCUT2D eigenvalue weighted by molar-refractivity contribution is 7.88. The summed E-state index contributed by atoms with van der Waals surface area (Å²) in [5.74, 6) is -0.515. The van der Waals surface area contributed by atoms with Crippen LogP contribution in [-0.4, -0.2) is 27.4 Å². The van der Waals surface area contributed by atoms with E-state index in [2.05, 4.69) is 4.72 Å². The van der Waals surface area contributed by atoms with Gasteiger partial charge in [-0.25, -0.2) is 13.1 Å². The molecule has 0 fully saturated rings. The number of benzene rings is 2. The van der Waals surface area contributed by atoms with Crippen LogP contribution in [0, 0.1) is 0 Å². The summed E-state index contributed by atoms with van der Waals surface area (Å²) >= 11 is 5.99. The summed E-state index contributed by atoms with van der Waals surface area (Å²) in [4.78, 5) is 14.0. The predicted octanol–water partition coefficient (Wildman–Crippen LogP) is 2.35. The largest absolute Gasteiger partial charge is 0.311 e. The minimum absolute atomic E-state index is 0.253. The highest BCUT2D eigenvalue weighted by Gasteiger charge is 2.25. The highest BCUT2D eigenvalue weighted by Crippen LogP contribution is 2.27. The molecule has 0 bridgehead atoms. The van der Waals surface area contributed by atoms with Crippen LogP contribution in [0.4, 0.5) is 5.69 Å². The molecule has 0 saturated carbocycles. The molecule has 1 amide bonds. The van der Waals surface area contributed by atoms with Crippen molar-refractivity contribution >= 4 is 33.2 Å². The Labute approximate surface area is 146 Å². The number of anilines is 1. The minimum atomic E-state index is -3.64. The molecule has 0 spiro atoms. The van der Waals surface area contributed by atoms with Gasteiger partial charge in [-0.1, -0.05) is 48.0 Å². The van der Waals surface area contributed by atoms with Crippen molar-refractivity contribution < 1.29 is 13.2 Å². The van der Waals surface area contributed by atoms with E-state index in [9.17, 15) is 13.2 Å². The van der Waals surface area contributed by atoms with E-state index in [-0.39, 0.29) is 18.2 Å². The molecule has 126 valence electrons. The summed E-state index contributed by atoms with van der Waals surface area (Å²) in [5.41, 5.74) is 2.46. The normalized spacial score (nSPS) is 13.8. The molecule has 0 saturated heterocycles. The third-order valence-electron chi connectivity index (χ3n) is 3.93. The Morgan fingerprint density at radius 3 is 2.62 bits per heavy atom. The molecule has 5 nitrogen and oxygen atoms in total. The van der Waals surface area contributed by atoms with E-state index in [0.29, 0.717) is 17.1 Å². The Morgan fingerprint density at radius 2 is 1.83 bits per heavy atom. The molecule has 1 aliphatic heterocycles. The zero-order chi connectivity index (χ0) is 17.2. The van der Waals surface area contributed by atoms with Crippen molar-refractivity contribution in [1.29, 1.82) is 0 Å². The summed E-state index contributed by atoms with van der Waals surface area (Å²) in [6, 6.07) is 14.4. The molecule has 0 aromatic heterocycles. The van der Waals surface area contributed by atoms with E-state index in [1.54, 1.807) is 29.2 Å². The molecular formula is C17H17ClN2O3S. The first-order valence-corrected chi connectivity index (χ1v) is 9.58. The molecule has 2 aromatic rings. The van der Waals surface area contributed by atoms with Crippen LogP contribution in [0.5, 0.6) is 0 Å². The molecule has 7 heteroatoms. The van der Waals surface area contributed by atoms with E-state index in [0.717, 1.165) is 17.7 Å². The first-order chi connectivity index (χ1) is 11.5. The summed E-state index contributed by atoms with van der Waals surface area (Å²) in [6.45, 7) is 0.311. The number of para-hydroxylation sites is 1. The highest BCUT2D eigenvalue weighted by atomic mass is 35.5. The Hall–Kier alpha value is -1.89. The number of halogens is 1. The second-order valence-electron chi connectivity index (χ2n) is 5.60. The predicted molar refractivity (Wildman–Crippen MR) is 94.6 cm³/mol. The fraction of sp³-hybridized carbons (Fsp3) is 0.235. The quantitative estimate of drug-likeness (QED) is 0.885. The Bertz CT molecular complexity index is 868. The molecule has 3 rings (SSSR count). The first-order valence-electron chi connectivity index (χ1n) is 7.55. The second kappa shape index (κ2) is 6.93. The standard InChI is InChI=1S/C17H17ClN2O3S/c18-15-7-3-1-6-14(15)12-24(22,23)19-11-17(21)20-10-9-13-5-2-4-8-16(13)20/h1-8,19H,9-12H2. The Kier molecular flexibility index (Phi) is 4.89. The smallest absolute Gasteiger partial charge is 0.242 e. The maximum atomic E-state index is 12.3. The van der Waals surface area contributed by atoms with Crippen molar-refractivity contribution in [2.24, 2.45) is 0 Å². The van der Waals surface area contributed by atoms with E-state index >= 15 is 0 Å². The molecule has 1 heterocycles. The number of amides is 1. The number of nitrogens with zero attached hydrogens (tertiary/aromatic N) is 1. The summed E-state index contributed by atoms with van der Waals surface area (Å²) < 4.78 is 26.7. The summed E-state index contributed by atoms with van der Waals surface area (Å²) in [6.07, 6.45) is 0.786. The van der Waals surface area contributed by atoms with Crippen LogP contribution in [-0.2, 0) is 27.0 Å². The van der Waals surface area contributed by atoms with Crippen molar-refractivity contribution in [1.82, 2.24) is 4.72 Å². The number of hydrogen-bond acceptors (Lipinski definition) is 3. The van der Waals surface area contributed by atoms with Crippen LogP contribution < -0.4 is 9.62 Å². The number of sulfonamides is 1. The van der Waals surface area contributed by atoms with Gasteiger partial charge in [0.05, 0.1) is 12.3 Å². The van der Waals surface area contributed by atoms with Gasteiger partial charge >= 0.3 is 0 Å². The summed E-state index contributed by atoms with van der Waals surface area (Å²) in [7, 11) is -3.64. The van der Waals surface area contributed by atoms with Crippen LogP contribution >= 0.6 is 11.6 Å². The summed E-state index contributed by atoms with van der Waals surface area (Å²) in [5, 5.41) is 0.391. The Balaban J connectivity index is 1.63. The number of hydrogen-bond donors (Lipinski definition) is 1. The minimum Gasteiger partial charge on any atom is -0.311 e. The van der Waals surface area contributed by atoms with Crippen molar-refractivity contribution in [3.63, 3.8) is 0 Å². The van der Waals surface area contributed by atoms with Gasteiger partial charge in [-0.15, -0.1) is 0 Å². The molecular weight excluding hydrogens is 348 g/mol. The molecule has 2 aromatic carbocycles. The van der Waals surface area contributed by atoms with Gasteiger partial charge < -0.3 is 4.90 Å². The van der Waals surface area contributed by atoms with Gasteiger partial charge in [-0.2, -0.15) is 0 Å². The van der Waals surface area contributed by atoms with Gasteiger partial charge in [0.2, 0.25) is 15.9 Å². The molecule has 1 N–H and O–H groups in total. The van der Waals surface area contributed by atoms with Gasteiger partial charge in [0.15, 0.2) is 0 Å². The number of carbonyl (C=O) groups is 1. The zero-order valence-corrected chi connectivity index (χ0v) is 14.5. The van der Waals surface area contributed by atoms with Gasteiger partial charge in [0, 0.05) is 17.3 Å². The number of fused-ring (bicyclic) bond motifs is 1. The zero-order valence-electron chi connectivity index (χ0n) is 12.9. The van der Waals surface area contributed by atoms with Gasteiger partial charge in [0.25, 0.3) is 0 Å². The van der Waals surface area contributed by atoms with E-state index < -0.39 is 10.0 Å². The van der Waals surface area contributed by atoms with Crippen LogP contribution in [0.3, 0.4) is 0 Å². The van der Waals surface area contributed by atoms with Crippen molar-refractivity contribution in [2.45, 2.75) is 12.2 Å². The van der Waals surface area contributed by atoms with Crippen LogP contribution in [0.15, 0.2) is 48.5 Å². The van der Waals surface area contributed by atoms with E-state index in [1.165, 1.54) is 0 Å². The fourth-order valence-corrected chi connectivity index (χ4v) is 4.12. The monoisotopic (exact) mass is 364 g/mol. The average Bonchev–Trinajstić information content (AvgIpc) is 2.99. The van der Waals surface area contributed by atoms with Crippen molar-refractivity contribution in [3.05, 3.63) is 64.7 Å². The molecule has 0 unspecified atom stereocenters. The average molecular weight is 365 g/mol. The molecule has 0 radical (unpaired) electrons. The molecule has 1 aliphatic rings. The second-order valence-corrected chi connectivity index (χ2v) is 7.81. The lowest BCUT2D eigenvalue weighted by atomic mass is 10.2. The third kappa shape index (κ3) is 3.77. The van der Waals surface area contributed by atoms with Crippen LogP contribution in [0.25, 0.3) is 0 Å². The molecule has 24 heavy (non-hydrogen) atoms.